The second-order valence-corrected chi connectivity index (χ2v) is 5.00. The summed E-state index contributed by atoms with van der Waals surface area (Å²) in [5.41, 5.74) is 7.27. The van der Waals surface area contributed by atoms with Crippen molar-refractivity contribution < 1.29 is 8.91 Å². The van der Waals surface area contributed by atoms with E-state index >= 15 is 0 Å². The van der Waals surface area contributed by atoms with Gasteiger partial charge in [-0.25, -0.2) is 4.39 Å². The Hall–Kier alpha value is -2.21. The summed E-state index contributed by atoms with van der Waals surface area (Å²) in [4.78, 5) is 4.21. The minimum atomic E-state index is -0.429. The van der Waals surface area contributed by atoms with Gasteiger partial charge in [-0.15, -0.1) is 0 Å². The van der Waals surface area contributed by atoms with Crippen LogP contribution >= 0.6 is 15.9 Å². The molecular weight excluding hydrogens is 325 g/mol. The van der Waals surface area contributed by atoms with Crippen molar-refractivity contribution in [3.63, 3.8) is 0 Å². The topological polar surface area (TPSA) is 64.9 Å². The fourth-order valence-corrected chi connectivity index (χ4v) is 2.33. The van der Waals surface area contributed by atoms with Crippen LogP contribution in [-0.2, 0) is 0 Å². The van der Waals surface area contributed by atoms with E-state index < -0.39 is 5.82 Å². The Balaban J connectivity index is 2.07. The minimum Gasteiger partial charge on any atom is -0.399 e. The Morgan fingerprint density at radius 1 is 1.15 bits per heavy atom. The van der Waals surface area contributed by atoms with Crippen molar-refractivity contribution in [3.05, 3.63) is 52.8 Å². The van der Waals surface area contributed by atoms with Crippen LogP contribution in [-0.4, -0.2) is 10.1 Å². The number of aromatic nitrogens is 2. The molecule has 4 nitrogen and oxygen atoms in total. The van der Waals surface area contributed by atoms with Crippen LogP contribution in [0, 0.1) is 5.82 Å². The summed E-state index contributed by atoms with van der Waals surface area (Å²) in [6.45, 7) is 0. The Bertz CT molecular complexity index is 752. The van der Waals surface area contributed by atoms with Gasteiger partial charge in [0.15, 0.2) is 0 Å². The summed E-state index contributed by atoms with van der Waals surface area (Å²) >= 11 is 3.27. The number of halogens is 2. The van der Waals surface area contributed by atoms with Crippen LogP contribution in [0.2, 0.25) is 0 Å². The van der Waals surface area contributed by atoms with E-state index in [2.05, 4.69) is 26.1 Å². The lowest BCUT2D eigenvalue weighted by molar-refractivity contribution is 0.429. The second-order valence-electron chi connectivity index (χ2n) is 4.15. The maximum Gasteiger partial charge on any atom is 0.262 e. The first-order chi connectivity index (χ1) is 9.65. The number of nitrogen functional groups attached to an aromatic ring is 1. The van der Waals surface area contributed by atoms with Crippen LogP contribution in [0.4, 0.5) is 10.1 Å². The summed E-state index contributed by atoms with van der Waals surface area (Å²) < 4.78 is 19.5. The van der Waals surface area contributed by atoms with E-state index in [4.69, 9.17) is 10.3 Å². The van der Waals surface area contributed by atoms with Gasteiger partial charge < -0.3 is 10.3 Å². The summed E-state index contributed by atoms with van der Waals surface area (Å²) in [6, 6.07) is 11.7. The Morgan fingerprint density at radius 2 is 1.95 bits per heavy atom. The highest BCUT2D eigenvalue weighted by atomic mass is 79.9. The average molecular weight is 334 g/mol. The van der Waals surface area contributed by atoms with Gasteiger partial charge in [0.05, 0.1) is 5.56 Å². The number of anilines is 1. The van der Waals surface area contributed by atoms with E-state index in [0.717, 1.165) is 0 Å². The Kier molecular flexibility index (Phi) is 3.23. The zero-order valence-corrected chi connectivity index (χ0v) is 11.8. The van der Waals surface area contributed by atoms with E-state index in [1.165, 1.54) is 6.07 Å². The van der Waals surface area contributed by atoms with Crippen molar-refractivity contribution >= 4 is 21.6 Å². The number of benzene rings is 2. The molecule has 1 heterocycles. The minimum absolute atomic E-state index is 0.118. The standard InChI is InChI=1S/C14H9BrFN3O/c15-10-5-2-6-11(16)12(10)14-18-13(19-20-14)8-3-1-4-9(17)7-8/h1-7H,17H2. The van der Waals surface area contributed by atoms with E-state index in [0.29, 0.717) is 21.5 Å². The predicted octanol–water partition coefficient (Wildman–Crippen LogP) is 3.89. The molecule has 3 aromatic rings. The quantitative estimate of drug-likeness (QED) is 0.722. The fraction of sp³-hybridized carbons (Fsp3) is 0. The monoisotopic (exact) mass is 333 g/mol. The number of hydrogen-bond donors (Lipinski definition) is 1. The summed E-state index contributed by atoms with van der Waals surface area (Å²) in [7, 11) is 0. The van der Waals surface area contributed by atoms with Crippen molar-refractivity contribution in [1.82, 2.24) is 10.1 Å². The van der Waals surface area contributed by atoms with Crippen LogP contribution in [0.25, 0.3) is 22.8 Å². The molecule has 1 aromatic heterocycles. The van der Waals surface area contributed by atoms with Crippen LogP contribution < -0.4 is 5.73 Å². The average Bonchev–Trinajstić information content (AvgIpc) is 2.88. The lowest BCUT2D eigenvalue weighted by Gasteiger charge is -1.99. The van der Waals surface area contributed by atoms with E-state index in [-0.39, 0.29) is 11.5 Å². The third kappa shape index (κ3) is 2.30. The molecule has 0 atom stereocenters. The molecule has 0 fully saturated rings. The van der Waals surface area contributed by atoms with Crippen molar-refractivity contribution in [2.75, 3.05) is 5.73 Å². The summed E-state index contributed by atoms with van der Waals surface area (Å²) in [5, 5.41) is 3.86. The summed E-state index contributed by atoms with van der Waals surface area (Å²) in [5.74, 6) is 0.0528. The smallest absolute Gasteiger partial charge is 0.262 e. The molecule has 0 spiro atoms. The molecule has 0 aliphatic rings. The third-order valence-electron chi connectivity index (χ3n) is 2.75. The van der Waals surface area contributed by atoms with Gasteiger partial charge in [0.25, 0.3) is 5.89 Å². The molecule has 0 unspecified atom stereocenters. The molecule has 2 aromatic carbocycles. The lowest BCUT2D eigenvalue weighted by Crippen LogP contribution is -1.88. The zero-order chi connectivity index (χ0) is 14.1. The van der Waals surface area contributed by atoms with Crippen LogP contribution in [0.15, 0.2) is 51.5 Å². The predicted molar refractivity (Wildman–Crippen MR) is 77.2 cm³/mol. The van der Waals surface area contributed by atoms with Gasteiger partial charge in [-0.05, 0) is 40.2 Å². The van der Waals surface area contributed by atoms with Crippen molar-refractivity contribution in [1.29, 1.82) is 0 Å². The molecule has 3 rings (SSSR count). The largest absolute Gasteiger partial charge is 0.399 e. The molecule has 0 bridgehead atoms. The Morgan fingerprint density at radius 3 is 2.70 bits per heavy atom. The molecule has 0 saturated carbocycles. The second kappa shape index (κ2) is 5.05. The van der Waals surface area contributed by atoms with E-state index in [1.807, 2.05) is 0 Å². The first kappa shape index (κ1) is 12.8. The molecule has 0 amide bonds. The first-order valence-corrected chi connectivity index (χ1v) is 6.58. The highest BCUT2D eigenvalue weighted by molar-refractivity contribution is 9.10. The van der Waals surface area contributed by atoms with Crippen LogP contribution in [0.5, 0.6) is 0 Å². The molecule has 0 radical (unpaired) electrons. The number of rotatable bonds is 2. The third-order valence-corrected chi connectivity index (χ3v) is 3.41. The first-order valence-electron chi connectivity index (χ1n) is 5.79. The van der Waals surface area contributed by atoms with E-state index in [9.17, 15) is 4.39 Å². The van der Waals surface area contributed by atoms with Gasteiger partial charge in [0, 0.05) is 15.7 Å². The maximum atomic E-state index is 13.8. The lowest BCUT2D eigenvalue weighted by atomic mass is 10.2. The maximum absolute atomic E-state index is 13.8. The fourth-order valence-electron chi connectivity index (χ4n) is 1.82. The van der Waals surface area contributed by atoms with Crippen molar-refractivity contribution in [3.8, 4) is 22.8 Å². The highest BCUT2D eigenvalue weighted by Crippen LogP contribution is 2.31. The SMILES string of the molecule is Nc1cccc(-c2noc(-c3c(F)cccc3Br)n2)c1. The van der Waals surface area contributed by atoms with Crippen molar-refractivity contribution in [2.24, 2.45) is 0 Å². The molecule has 20 heavy (non-hydrogen) atoms. The van der Waals surface area contributed by atoms with Gasteiger partial charge in [-0.2, -0.15) is 4.98 Å². The number of nitrogens with zero attached hydrogens (tertiary/aromatic N) is 2. The number of nitrogens with two attached hydrogens (primary N) is 1. The molecule has 2 N–H and O–H groups in total. The molecule has 6 heteroatoms. The highest BCUT2D eigenvalue weighted by Gasteiger charge is 2.17. The molecule has 100 valence electrons. The van der Waals surface area contributed by atoms with Gasteiger partial charge in [0.1, 0.15) is 5.82 Å². The van der Waals surface area contributed by atoms with Gasteiger partial charge >= 0.3 is 0 Å². The molecule has 0 aliphatic heterocycles. The molecule has 0 aliphatic carbocycles. The van der Waals surface area contributed by atoms with Crippen LogP contribution in [0.3, 0.4) is 0 Å². The summed E-state index contributed by atoms with van der Waals surface area (Å²) in [6.07, 6.45) is 0. The van der Waals surface area contributed by atoms with Gasteiger partial charge in [0.2, 0.25) is 5.82 Å². The normalized spacial score (nSPS) is 10.7. The van der Waals surface area contributed by atoms with Crippen molar-refractivity contribution in [2.45, 2.75) is 0 Å². The zero-order valence-electron chi connectivity index (χ0n) is 10.2. The molecule has 0 saturated heterocycles. The molecular formula is C14H9BrFN3O. The van der Waals surface area contributed by atoms with Gasteiger partial charge in [-0.1, -0.05) is 23.4 Å². The number of hydrogen-bond acceptors (Lipinski definition) is 4. The van der Waals surface area contributed by atoms with Crippen LogP contribution in [0.1, 0.15) is 0 Å². The van der Waals surface area contributed by atoms with E-state index in [1.54, 1.807) is 36.4 Å². The Labute approximate surface area is 122 Å². The van der Waals surface area contributed by atoms with Gasteiger partial charge in [-0.3, -0.25) is 0 Å².